The molecule has 0 saturated carbocycles. The molecule has 1 unspecified atom stereocenters. The van der Waals surface area contributed by atoms with Gasteiger partial charge in [0.2, 0.25) is 6.29 Å². The predicted molar refractivity (Wildman–Crippen MR) is 172 cm³/mol. The maximum atomic E-state index is 13.5. The van der Waals surface area contributed by atoms with Crippen molar-refractivity contribution in [3.63, 3.8) is 0 Å². The molecule has 14 nitrogen and oxygen atoms in total. The average Bonchev–Trinajstić information content (AvgIpc) is 3.85. The number of anilines is 1. The molecule has 2 aliphatic rings. The number of primary amides is 1. The number of carbonyl (C=O) groups is 2. The SMILES string of the molecule is CO[C@@H]1[C@@H](OC(N)=O)[C@@H](O)[C@H](Oc2ccc3c(OCC4CO4)c(NC(=O)c4ccc(O)c(CC=C(C)C)c4)c(=O)oc3c2C)OC1(C)C. The summed E-state index contributed by atoms with van der Waals surface area (Å²) in [5.41, 5.74) is 5.32. The number of aryl methyl sites for hydroxylation is 1. The molecule has 0 spiro atoms. The summed E-state index contributed by atoms with van der Waals surface area (Å²) in [4.78, 5) is 38.5. The number of benzene rings is 2. The zero-order valence-electron chi connectivity index (χ0n) is 27.5. The second-order valence-electron chi connectivity index (χ2n) is 12.5. The Hall–Kier alpha value is -4.63. The molecule has 0 aliphatic carbocycles. The minimum absolute atomic E-state index is 0.0420. The molecule has 3 aromatic rings. The number of fused-ring (bicyclic) bond motifs is 1. The predicted octanol–water partition coefficient (Wildman–Crippen LogP) is 3.70. The molecule has 0 bridgehead atoms. The van der Waals surface area contributed by atoms with E-state index >= 15 is 0 Å². The van der Waals surface area contributed by atoms with Crippen LogP contribution < -0.4 is 26.1 Å². The van der Waals surface area contributed by atoms with Gasteiger partial charge in [-0.15, -0.1) is 0 Å². The van der Waals surface area contributed by atoms with E-state index in [4.69, 9.17) is 38.6 Å². The lowest BCUT2D eigenvalue weighted by molar-refractivity contribution is -0.304. The lowest BCUT2D eigenvalue weighted by Gasteiger charge is -2.47. The number of amides is 2. The molecule has 5 N–H and O–H groups in total. The molecule has 2 fully saturated rings. The van der Waals surface area contributed by atoms with E-state index in [1.807, 2.05) is 19.9 Å². The zero-order chi connectivity index (χ0) is 34.9. The molecular weight excluding hydrogens is 628 g/mol. The van der Waals surface area contributed by atoms with Crippen LogP contribution in [0.15, 0.2) is 51.2 Å². The third-order valence-electron chi connectivity index (χ3n) is 8.12. The summed E-state index contributed by atoms with van der Waals surface area (Å²) < 4.78 is 39.7. The van der Waals surface area contributed by atoms with E-state index in [1.165, 1.54) is 19.2 Å². The minimum Gasteiger partial charge on any atom is -0.508 e. The topological polar surface area (TPSA) is 202 Å². The number of rotatable bonds is 11. The molecule has 258 valence electrons. The second-order valence-corrected chi connectivity index (χ2v) is 12.5. The molecular formula is C34H40N2O12. The van der Waals surface area contributed by atoms with Gasteiger partial charge in [0, 0.05) is 18.2 Å². The number of allylic oxidation sites excluding steroid dienone is 2. The first-order chi connectivity index (χ1) is 22.7. The standard InChI is InChI=1S/C34H40N2O12/c1-16(2)7-8-18-13-19(9-11-22(18)37)30(39)36-24-27(44-15-20-14-43-20)21-10-12-23(17(3)26(21)46-31(24)40)45-32-25(38)28(47-33(35)41)29(42-6)34(4,5)48-32/h7,9-13,20,25,28-29,32,37-38H,8,14-15H2,1-6H3,(H2,35,41)(H,36,39)/t20?,25-,28+,29-,32-/m1/s1. The van der Waals surface area contributed by atoms with Crippen LogP contribution in [0.3, 0.4) is 0 Å². The Morgan fingerprint density at radius 3 is 2.56 bits per heavy atom. The highest BCUT2D eigenvalue weighted by Gasteiger charge is 2.53. The maximum absolute atomic E-state index is 13.5. The normalized spacial score (nSPS) is 22.9. The molecule has 2 aliphatic heterocycles. The first-order valence-electron chi connectivity index (χ1n) is 15.3. The van der Waals surface area contributed by atoms with E-state index in [2.05, 4.69) is 5.32 Å². The fourth-order valence-corrected chi connectivity index (χ4v) is 5.54. The van der Waals surface area contributed by atoms with Crippen LogP contribution in [0.25, 0.3) is 11.0 Å². The van der Waals surface area contributed by atoms with Crippen molar-refractivity contribution in [1.82, 2.24) is 0 Å². The first kappa shape index (κ1) is 34.7. The highest BCUT2D eigenvalue weighted by molar-refractivity contribution is 6.06. The van der Waals surface area contributed by atoms with Crippen LogP contribution in [0, 0.1) is 6.92 Å². The highest BCUT2D eigenvalue weighted by atomic mass is 16.7. The molecule has 3 heterocycles. The Balaban J connectivity index is 1.49. The number of aliphatic hydroxyl groups is 1. The van der Waals surface area contributed by atoms with Crippen LogP contribution in [0.5, 0.6) is 17.2 Å². The summed E-state index contributed by atoms with van der Waals surface area (Å²) in [6.45, 7) is 9.45. The molecule has 14 heteroatoms. The lowest BCUT2D eigenvalue weighted by Crippen LogP contribution is -2.65. The monoisotopic (exact) mass is 668 g/mol. The number of carbonyl (C=O) groups excluding carboxylic acids is 2. The average molecular weight is 669 g/mol. The Morgan fingerprint density at radius 2 is 1.92 bits per heavy atom. The highest BCUT2D eigenvalue weighted by Crippen LogP contribution is 2.39. The first-order valence-corrected chi connectivity index (χ1v) is 15.3. The fourth-order valence-electron chi connectivity index (χ4n) is 5.54. The van der Waals surface area contributed by atoms with Gasteiger partial charge in [0.1, 0.15) is 35.9 Å². The van der Waals surface area contributed by atoms with Gasteiger partial charge in [0.05, 0.1) is 17.6 Å². The number of nitrogens with two attached hydrogens (primary N) is 1. The third kappa shape index (κ3) is 7.41. The summed E-state index contributed by atoms with van der Waals surface area (Å²) in [7, 11) is 1.39. The summed E-state index contributed by atoms with van der Waals surface area (Å²) in [5.74, 6) is -0.325. The van der Waals surface area contributed by atoms with Crippen molar-refractivity contribution in [3.8, 4) is 17.2 Å². The molecule has 0 radical (unpaired) electrons. The van der Waals surface area contributed by atoms with Crippen molar-refractivity contribution in [2.24, 2.45) is 5.73 Å². The van der Waals surface area contributed by atoms with Crippen molar-refractivity contribution >= 4 is 28.7 Å². The van der Waals surface area contributed by atoms with Gasteiger partial charge in [-0.2, -0.15) is 0 Å². The fraction of sp³-hybridized carbons (Fsp3) is 0.441. The van der Waals surface area contributed by atoms with Crippen LogP contribution in [-0.2, 0) is 25.4 Å². The van der Waals surface area contributed by atoms with Crippen LogP contribution in [-0.4, -0.2) is 78.8 Å². The van der Waals surface area contributed by atoms with Crippen molar-refractivity contribution in [2.45, 2.75) is 77.3 Å². The van der Waals surface area contributed by atoms with Gasteiger partial charge in [0.15, 0.2) is 23.6 Å². The van der Waals surface area contributed by atoms with Crippen LogP contribution in [0.4, 0.5) is 10.5 Å². The van der Waals surface area contributed by atoms with E-state index in [0.717, 1.165) is 5.57 Å². The van der Waals surface area contributed by atoms with E-state index in [9.17, 15) is 24.6 Å². The van der Waals surface area contributed by atoms with Crippen LogP contribution >= 0.6 is 0 Å². The van der Waals surface area contributed by atoms with Gasteiger partial charge in [-0.25, -0.2) is 9.59 Å². The van der Waals surface area contributed by atoms with E-state index in [1.54, 1.807) is 39.0 Å². The number of aromatic hydroxyl groups is 1. The Labute approximate surface area is 276 Å². The number of phenols is 1. The third-order valence-corrected chi connectivity index (χ3v) is 8.12. The quantitative estimate of drug-likeness (QED) is 0.131. The molecule has 2 aromatic carbocycles. The van der Waals surface area contributed by atoms with E-state index < -0.39 is 47.8 Å². The van der Waals surface area contributed by atoms with E-state index in [0.29, 0.717) is 29.5 Å². The number of aliphatic hydroxyl groups excluding tert-OH is 1. The Morgan fingerprint density at radius 1 is 1.19 bits per heavy atom. The van der Waals surface area contributed by atoms with Gasteiger partial charge in [-0.3, -0.25) is 4.79 Å². The van der Waals surface area contributed by atoms with Crippen LogP contribution in [0.1, 0.15) is 49.2 Å². The Bertz CT molecular complexity index is 1790. The second kappa shape index (κ2) is 13.8. The molecule has 5 atom stereocenters. The number of hydrogen-bond acceptors (Lipinski definition) is 12. The summed E-state index contributed by atoms with van der Waals surface area (Å²) in [6, 6.07) is 7.56. The number of phenolic OH excluding ortho intramolecular Hbond substituents is 1. The van der Waals surface area contributed by atoms with Crippen molar-refractivity contribution in [2.75, 3.05) is 25.6 Å². The smallest absolute Gasteiger partial charge is 0.404 e. The molecule has 5 rings (SSSR count). The summed E-state index contributed by atoms with van der Waals surface area (Å²) >= 11 is 0. The van der Waals surface area contributed by atoms with Crippen LogP contribution in [0.2, 0.25) is 0 Å². The molecule has 2 amide bonds. The summed E-state index contributed by atoms with van der Waals surface area (Å²) in [5, 5.41) is 24.3. The molecule has 48 heavy (non-hydrogen) atoms. The van der Waals surface area contributed by atoms with Gasteiger partial charge in [-0.1, -0.05) is 11.6 Å². The maximum Gasteiger partial charge on any atom is 0.404 e. The van der Waals surface area contributed by atoms with Crippen molar-refractivity contribution in [3.05, 3.63) is 69.1 Å². The van der Waals surface area contributed by atoms with Gasteiger partial charge in [0.25, 0.3) is 5.91 Å². The number of hydrogen-bond donors (Lipinski definition) is 4. The number of nitrogens with one attached hydrogen (secondary N) is 1. The minimum atomic E-state index is -1.50. The zero-order valence-corrected chi connectivity index (χ0v) is 27.5. The lowest BCUT2D eigenvalue weighted by atomic mass is 9.89. The Kier molecular flexibility index (Phi) is 10.0. The molecule has 2 saturated heterocycles. The van der Waals surface area contributed by atoms with Gasteiger partial charge >= 0.3 is 11.7 Å². The number of epoxide rings is 1. The van der Waals surface area contributed by atoms with Gasteiger partial charge < -0.3 is 54.1 Å². The number of methoxy groups -OCH3 is 1. The van der Waals surface area contributed by atoms with Gasteiger partial charge in [-0.05, 0) is 76.9 Å². The van der Waals surface area contributed by atoms with Crippen molar-refractivity contribution < 1.29 is 52.6 Å². The van der Waals surface area contributed by atoms with E-state index in [-0.39, 0.29) is 46.8 Å². The summed E-state index contributed by atoms with van der Waals surface area (Å²) in [6.07, 6.45) is -3.87. The largest absolute Gasteiger partial charge is 0.508 e. The van der Waals surface area contributed by atoms with Crippen molar-refractivity contribution in [1.29, 1.82) is 0 Å². The molecule has 1 aromatic heterocycles. The number of ether oxygens (including phenoxy) is 6.